The normalized spacial score (nSPS) is 11.4. The molecule has 0 aliphatic rings. The number of aromatic nitrogens is 1. The van der Waals surface area contributed by atoms with Gasteiger partial charge < -0.3 is 10.5 Å². The number of nitrogens with zero attached hydrogens (tertiary/aromatic N) is 2. The summed E-state index contributed by atoms with van der Waals surface area (Å²) < 4.78 is 73.3. The predicted octanol–water partition coefficient (Wildman–Crippen LogP) is 5.03. The summed E-state index contributed by atoms with van der Waals surface area (Å²) in [7, 11) is -4.54. The van der Waals surface area contributed by atoms with Crippen molar-refractivity contribution in [1.29, 1.82) is 5.26 Å². The minimum absolute atomic E-state index is 0.0406. The van der Waals surface area contributed by atoms with Crippen LogP contribution in [-0.2, 0) is 21.0 Å². The number of pyridine rings is 1. The number of amides is 1. The van der Waals surface area contributed by atoms with E-state index in [0.717, 1.165) is 12.1 Å². The Kier molecular flexibility index (Phi) is 7.28. The Morgan fingerprint density at radius 1 is 1.22 bits per heavy atom. The van der Waals surface area contributed by atoms with E-state index in [0.29, 0.717) is 11.6 Å². The van der Waals surface area contributed by atoms with Crippen LogP contribution >= 0.6 is 11.6 Å². The first-order valence-electron chi connectivity index (χ1n) is 9.80. The number of primary amides is 1. The number of anilines is 1. The van der Waals surface area contributed by atoms with E-state index in [1.54, 1.807) is 6.92 Å². The van der Waals surface area contributed by atoms with Gasteiger partial charge in [0.2, 0.25) is 11.8 Å². The average Bonchev–Trinajstić information content (AvgIpc) is 2.79. The number of rotatable bonds is 7. The Morgan fingerprint density at radius 2 is 1.92 bits per heavy atom. The second-order valence-electron chi connectivity index (χ2n) is 7.38. The van der Waals surface area contributed by atoms with Crippen LogP contribution in [0.2, 0.25) is 5.02 Å². The van der Waals surface area contributed by atoms with Gasteiger partial charge >= 0.3 is 6.18 Å². The number of nitrogens with two attached hydrogens (primary N) is 1. The minimum Gasteiger partial charge on any atom is -0.436 e. The molecule has 1 aromatic heterocycles. The van der Waals surface area contributed by atoms with Gasteiger partial charge in [0.05, 0.1) is 21.0 Å². The number of halogens is 4. The number of carbonyl (C=O) groups excluding carboxylic acids is 1. The molecule has 36 heavy (non-hydrogen) atoms. The molecule has 0 fully saturated rings. The smallest absolute Gasteiger partial charge is 0.417 e. The third-order valence-electron chi connectivity index (χ3n) is 4.74. The van der Waals surface area contributed by atoms with E-state index in [1.165, 1.54) is 30.5 Å². The van der Waals surface area contributed by atoms with Crippen molar-refractivity contribution in [2.24, 2.45) is 5.73 Å². The summed E-state index contributed by atoms with van der Waals surface area (Å²) in [6.45, 7) is 5.14. The van der Waals surface area contributed by atoms with Gasteiger partial charge in [-0.15, -0.1) is 0 Å². The van der Waals surface area contributed by atoms with E-state index in [1.807, 2.05) is 6.07 Å². The molecule has 0 aliphatic heterocycles. The van der Waals surface area contributed by atoms with Crippen molar-refractivity contribution in [3.63, 3.8) is 0 Å². The highest BCUT2D eigenvalue weighted by atomic mass is 35.5. The molecule has 3 aromatic rings. The van der Waals surface area contributed by atoms with Crippen LogP contribution in [0.25, 0.3) is 5.57 Å². The molecule has 0 saturated heterocycles. The molecule has 8 nitrogen and oxygen atoms in total. The Hall–Kier alpha value is -4.08. The Morgan fingerprint density at radius 3 is 2.53 bits per heavy atom. The van der Waals surface area contributed by atoms with Crippen LogP contribution in [0.1, 0.15) is 22.3 Å². The lowest BCUT2D eigenvalue weighted by atomic mass is 10.0. The van der Waals surface area contributed by atoms with Crippen molar-refractivity contribution in [2.75, 3.05) is 4.72 Å². The van der Waals surface area contributed by atoms with Crippen LogP contribution in [0.15, 0.2) is 60.1 Å². The number of nitrogens with one attached hydrogen (secondary N) is 1. The molecule has 0 radical (unpaired) electrons. The second-order valence-corrected chi connectivity index (χ2v) is 9.47. The highest BCUT2D eigenvalue weighted by Crippen LogP contribution is 2.37. The lowest BCUT2D eigenvalue weighted by Crippen LogP contribution is -2.16. The standard InChI is InChI=1S/C23H16ClF3N4O4S/c1-12-7-19(31-36(33,34)16-4-5-18(24)17(9-16)23(25,26)27)22(30-11-12)35-20-6-3-14(8-15(20)10-28)13(2)21(29)32/h3-9,11,31H,2H2,1H3,(H2,29,32). The first-order chi connectivity index (χ1) is 16.7. The number of hydrogen-bond acceptors (Lipinski definition) is 6. The number of carbonyl (C=O) groups is 1. The molecule has 0 spiro atoms. The van der Waals surface area contributed by atoms with E-state index < -0.39 is 37.6 Å². The molecule has 0 unspecified atom stereocenters. The second kappa shape index (κ2) is 9.88. The molecule has 13 heteroatoms. The maximum atomic E-state index is 13.2. The molecule has 0 aliphatic carbocycles. The van der Waals surface area contributed by atoms with Crippen LogP contribution in [0.3, 0.4) is 0 Å². The molecule has 0 bridgehead atoms. The van der Waals surface area contributed by atoms with Crippen molar-refractivity contribution in [2.45, 2.75) is 18.0 Å². The van der Waals surface area contributed by atoms with Gasteiger partial charge in [-0.3, -0.25) is 9.52 Å². The van der Waals surface area contributed by atoms with Crippen LogP contribution in [-0.4, -0.2) is 19.3 Å². The molecule has 1 heterocycles. The molecular formula is C23H16ClF3N4O4S. The number of aryl methyl sites for hydroxylation is 1. The van der Waals surface area contributed by atoms with E-state index in [-0.39, 0.29) is 34.0 Å². The third kappa shape index (κ3) is 5.76. The maximum absolute atomic E-state index is 13.2. The number of sulfonamides is 1. The van der Waals surface area contributed by atoms with Gasteiger partial charge in [0.25, 0.3) is 10.0 Å². The summed E-state index contributed by atoms with van der Waals surface area (Å²) in [5.41, 5.74) is 4.38. The Bertz CT molecular complexity index is 1530. The fraction of sp³-hybridized carbons (Fsp3) is 0.0870. The summed E-state index contributed by atoms with van der Waals surface area (Å²) in [4.78, 5) is 14.7. The lowest BCUT2D eigenvalue weighted by molar-refractivity contribution is -0.137. The maximum Gasteiger partial charge on any atom is 0.417 e. The van der Waals surface area contributed by atoms with Crippen LogP contribution in [0.5, 0.6) is 11.6 Å². The molecule has 186 valence electrons. The van der Waals surface area contributed by atoms with Gasteiger partial charge in [0.1, 0.15) is 17.5 Å². The van der Waals surface area contributed by atoms with Crippen molar-refractivity contribution in [3.05, 3.63) is 82.5 Å². The van der Waals surface area contributed by atoms with E-state index in [2.05, 4.69) is 16.3 Å². The molecule has 0 atom stereocenters. The summed E-state index contributed by atoms with van der Waals surface area (Å²) >= 11 is 5.58. The van der Waals surface area contributed by atoms with E-state index in [4.69, 9.17) is 22.1 Å². The molecular weight excluding hydrogens is 521 g/mol. The number of hydrogen-bond donors (Lipinski definition) is 2. The number of ether oxygens (including phenoxy) is 1. The minimum atomic E-state index is -4.87. The summed E-state index contributed by atoms with van der Waals surface area (Å²) in [6, 6.07) is 9.41. The lowest BCUT2D eigenvalue weighted by Gasteiger charge is -2.15. The summed E-state index contributed by atoms with van der Waals surface area (Å²) in [5, 5.41) is 8.84. The molecule has 1 amide bonds. The Labute approximate surface area is 208 Å². The number of alkyl halides is 3. The van der Waals surface area contributed by atoms with Crippen molar-refractivity contribution in [1.82, 2.24) is 4.98 Å². The predicted molar refractivity (Wildman–Crippen MR) is 126 cm³/mol. The van der Waals surface area contributed by atoms with Gasteiger partial charge in [-0.1, -0.05) is 24.2 Å². The van der Waals surface area contributed by atoms with Gasteiger partial charge in [-0.05, 0) is 54.4 Å². The summed E-state index contributed by atoms with van der Waals surface area (Å²) in [5.74, 6) is -1.12. The van der Waals surface area contributed by atoms with Gasteiger partial charge in [0.15, 0.2) is 0 Å². The molecule has 3 N–H and O–H groups in total. The quantitative estimate of drug-likeness (QED) is 0.407. The van der Waals surface area contributed by atoms with Gasteiger partial charge in [0, 0.05) is 11.8 Å². The zero-order valence-electron chi connectivity index (χ0n) is 18.4. The summed E-state index contributed by atoms with van der Waals surface area (Å²) in [6.07, 6.45) is -3.52. The Balaban J connectivity index is 2.00. The molecule has 0 saturated carbocycles. The highest BCUT2D eigenvalue weighted by molar-refractivity contribution is 7.92. The highest BCUT2D eigenvalue weighted by Gasteiger charge is 2.34. The number of nitriles is 1. The molecule has 2 aromatic carbocycles. The van der Waals surface area contributed by atoms with Crippen LogP contribution < -0.4 is 15.2 Å². The van der Waals surface area contributed by atoms with Gasteiger partial charge in [-0.2, -0.15) is 18.4 Å². The topological polar surface area (TPSA) is 135 Å². The van der Waals surface area contributed by atoms with Gasteiger partial charge in [-0.25, -0.2) is 13.4 Å². The average molecular weight is 537 g/mol. The van der Waals surface area contributed by atoms with Crippen molar-refractivity contribution in [3.8, 4) is 17.7 Å². The first kappa shape index (κ1) is 26.5. The van der Waals surface area contributed by atoms with E-state index in [9.17, 15) is 31.6 Å². The van der Waals surface area contributed by atoms with E-state index >= 15 is 0 Å². The van der Waals surface area contributed by atoms with Crippen molar-refractivity contribution < 1.29 is 31.1 Å². The fourth-order valence-corrected chi connectivity index (χ4v) is 4.24. The fourth-order valence-electron chi connectivity index (χ4n) is 2.94. The third-order valence-corrected chi connectivity index (χ3v) is 6.43. The first-order valence-corrected chi connectivity index (χ1v) is 11.7. The number of benzene rings is 2. The van der Waals surface area contributed by atoms with Crippen molar-refractivity contribution >= 4 is 38.8 Å². The van der Waals surface area contributed by atoms with Crippen LogP contribution in [0, 0.1) is 18.3 Å². The zero-order chi connectivity index (χ0) is 26.8. The SMILES string of the molecule is C=C(C(N)=O)c1ccc(Oc2ncc(C)cc2NS(=O)(=O)c2ccc(Cl)c(C(F)(F)F)c2)c(C#N)c1. The molecule has 3 rings (SSSR count). The monoisotopic (exact) mass is 536 g/mol. The zero-order valence-corrected chi connectivity index (χ0v) is 19.9. The van der Waals surface area contributed by atoms with Crippen LogP contribution in [0.4, 0.5) is 18.9 Å². The largest absolute Gasteiger partial charge is 0.436 e.